The first-order chi connectivity index (χ1) is 14.7. The third kappa shape index (κ3) is 6.13. The number of methoxy groups -OCH3 is 2. The molecule has 0 bridgehead atoms. The Labute approximate surface area is 187 Å². The van der Waals surface area contributed by atoms with Crippen LogP contribution in [0.5, 0.6) is 11.8 Å². The molecule has 3 rings (SSSR count). The average molecular weight is 444 g/mol. The molecular weight excluding hydrogens is 414 g/mol. The molecule has 1 amide bonds. The van der Waals surface area contributed by atoms with Gasteiger partial charge in [0.15, 0.2) is 5.16 Å². The molecule has 1 aliphatic rings. The second-order valence-electron chi connectivity index (χ2n) is 8.24. The van der Waals surface area contributed by atoms with Gasteiger partial charge in [-0.2, -0.15) is 9.97 Å². The van der Waals surface area contributed by atoms with Crippen LogP contribution in [0.2, 0.25) is 0 Å². The van der Waals surface area contributed by atoms with Gasteiger partial charge in [-0.15, -0.1) is 0 Å². The molecule has 31 heavy (non-hydrogen) atoms. The van der Waals surface area contributed by atoms with Gasteiger partial charge in [0.25, 0.3) is 0 Å². The van der Waals surface area contributed by atoms with Gasteiger partial charge in [-0.1, -0.05) is 18.2 Å². The van der Waals surface area contributed by atoms with Crippen LogP contribution in [0.1, 0.15) is 38.3 Å². The van der Waals surface area contributed by atoms with E-state index >= 15 is 0 Å². The van der Waals surface area contributed by atoms with E-state index in [4.69, 9.17) is 14.2 Å². The molecule has 2 aromatic rings. The molecule has 1 aromatic heterocycles. The van der Waals surface area contributed by atoms with Crippen LogP contribution >= 0.6 is 11.8 Å². The normalized spacial score (nSPS) is 14.1. The van der Waals surface area contributed by atoms with Crippen LogP contribution in [0, 0.1) is 6.92 Å². The summed E-state index contributed by atoms with van der Waals surface area (Å²) in [5.41, 5.74) is 2.95. The summed E-state index contributed by atoms with van der Waals surface area (Å²) in [6.45, 7) is 8.82. The molecule has 0 radical (unpaired) electrons. The molecule has 7 nitrogen and oxygen atoms in total. The van der Waals surface area contributed by atoms with Gasteiger partial charge in [-0.3, -0.25) is 0 Å². The minimum Gasteiger partial charge on any atom is -0.481 e. The number of ether oxygens (including phenoxy) is 3. The summed E-state index contributed by atoms with van der Waals surface area (Å²) in [7, 11) is 3.13. The van der Waals surface area contributed by atoms with E-state index in [1.807, 2.05) is 20.8 Å². The minimum atomic E-state index is -0.500. The van der Waals surface area contributed by atoms with Crippen molar-refractivity contribution < 1.29 is 19.0 Å². The number of aryl methyl sites for hydroxylation is 1. The van der Waals surface area contributed by atoms with Crippen molar-refractivity contribution >= 4 is 23.4 Å². The molecule has 2 heterocycles. The summed E-state index contributed by atoms with van der Waals surface area (Å²) < 4.78 is 16.0. The van der Waals surface area contributed by atoms with Gasteiger partial charge in [0.2, 0.25) is 11.8 Å². The maximum Gasteiger partial charge on any atom is 0.410 e. The Balaban J connectivity index is 1.84. The lowest BCUT2D eigenvalue weighted by molar-refractivity contribution is 0.0270. The molecule has 166 valence electrons. The van der Waals surface area contributed by atoms with E-state index < -0.39 is 5.60 Å². The summed E-state index contributed by atoms with van der Waals surface area (Å²) in [6, 6.07) is 7.98. The Bertz CT molecular complexity index is 963. The van der Waals surface area contributed by atoms with Crippen LogP contribution < -0.4 is 9.47 Å². The molecule has 1 aromatic carbocycles. The Morgan fingerprint density at radius 1 is 1.10 bits per heavy atom. The number of aromatic nitrogens is 2. The number of nitrogens with zero attached hydrogens (tertiary/aromatic N) is 3. The molecule has 0 saturated heterocycles. The molecule has 8 heteroatoms. The van der Waals surface area contributed by atoms with Crippen molar-refractivity contribution in [3.05, 3.63) is 41.5 Å². The van der Waals surface area contributed by atoms with E-state index in [2.05, 4.69) is 41.2 Å². The molecular formula is C23H29N3O4S. The highest BCUT2D eigenvalue weighted by atomic mass is 32.2. The topological polar surface area (TPSA) is 73.8 Å². The highest BCUT2D eigenvalue weighted by Gasteiger charge is 2.24. The largest absolute Gasteiger partial charge is 0.481 e. The van der Waals surface area contributed by atoms with E-state index in [0.29, 0.717) is 30.0 Å². The molecule has 0 N–H and O–H groups in total. The van der Waals surface area contributed by atoms with Crippen molar-refractivity contribution in [1.29, 1.82) is 0 Å². The van der Waals surface area contributed by atoms with Gasteiger partial charge in [0.1, 0.15) is 5.60 Å². The van der Waals surface area contributed by atoms with Crippen molar-refractivity contribution in [3.63, 3.8) is 0 Å². The van der Waals surface area contributed by atoms with Crippen molar-refractivity contribution in [2.75, 3.05) is 27.3 Å². The zero-order valence-corrected chi connectivity index (χ0v) is 19.7. The number of carbonyl (C=O) groups is 1. The lowest BCUT2D eigenvalue weighted by Crippen LogP contribution is -2.39. The molecule has 0 unspecified atom stereocenters. The SMILES string of the molecule is COc1cc(OC)nc(Sc2cc(C)ccc2C2=CCN(C(=O)OC(C)(C)C)CC2)n1. The fourth-order valence-corrected chi connectivity index (χ4v) is 4.14. The van der Waals surface area contributed by atoms with Crippen LogP contribution in [0.4, 0.5) is 4.79 Å². The zero-order chi connectivity index (χ0) is 22.6. The summed E-state index contributed by atoms with van der Waals surface area (Å²) in [5, 5.41) is 0.551. The average Bonchev–Trinajstić information content (AvgIpc) is 2.72. The van der Waals surface area contributed by atoms with Crippen LogP contribution in [0.3, 0.4) is 0 Å². The second-order valence-corrected chi connectivity index (χ2v) is 9.25. The maximum atomic E-state index is 12.4. The number of amides is 1. The number of hydrogen-bond acceptors (Lipinski definition) is 7. The van der Waals surface area contributed by atoms with Crippen LogP contribution in [0.25, 0.3) is 5.57 Å². The molecule has 0 fully saturated rings. The van der Waals surface area contributed by atoms with Gasteiger partial charge < -0.3 is 19.1 Å². The predicted octanol–water partition coefficient (Wildman–Crippen LogP) is 4.98. The van der Waals surface area contributed by atoms with Crippen molar-refractivity contribution in [3.8, 4) is 11.8 Å². The third-order valence-corrected chi connectivity index (χ3v) is 5.54. The number of carbonyl (C=O) groups excluding carboxylic acids is 1. The zero-order valence-electron chi connectivity index (χ0n) is 18.9. The minimum absolute atomic E-state index is 0.279. The van der Waals surface area contributed by atoms with E-state index in [-0.39, 0.29) is 6.09 Å². The number of benzene rings is 1. The fraction of sp³-hybridized carbons (Fsp3) is 0.435. The van der Waals surface area contributed by atoms with E-state index in [9.17, 15) is 4.79 Å². The Kier molecular flexibility index (Phi) is 7.10. The summed E-state index contributed by atoms with van der Waals surface area (Å²) in [4.78, 5) is 24.0. The van der Waals surface area contributed by atoms with Gasteiger partial charge in [-0.05, 0) is 68.6 Å². The molecule has 1 aliphatic heterocycles. The van der Waals surface area contributed by atoms with Gasteiger partial charge >= 0.3 is 6.09 Å². The van der Waals surface area contributed by atoms with E-state index in [0.717, 1.165) is 22.4 Å². The highest BCUT2D eigenvalue weighted by Crippen LogP contribution is 2.36. The lowest BCUT2D eigenvalue weighted by atomic mass is 9.98. The Morgan fingerprint density at radius 2 is 1.77 bits per heavy atom. The smallest absolute Gasteiger partial charge is 0.410 e. The highest BCUT2D eigenvalue weighted by molar-refractivity contribution is 7.99. The molecule has 0 atom stereocenters. The van der Waals surface area contributed by atoms with Crippen molar-refractivity contribution in [2.24, 2.45) is 0 Å². The fourth-order valence-electron chi connectivity index (χ4n) is 3.12. The predicted molar refractivity (Wildman–Crippen MR) is 121 cm³/mol. The standard InChI is InChI=1S/C23H29N3O4S/c1-15-7-8-17(16-9-11-26(12-10-16)22(27)30-23(2,3)4)18(13-15)31-21-24-19(28-5)14-20(25-21)29-6/h7-9,13-14H,10-12H2,1-6H3. The first kappa shape index (κ1) is 22.9. The molecule has 0 saturated carbocycles. The van der Waals surface area contributed by atoms with Crippen LogP contribution in [-0.2, 0) is 4.74 Å². The molecule has 0 spiro atoms. The summed E-state index contributed by atoms with van der Waals surface area (Å²) in [6.07, 6.45) is 2.56. The van der Waals surface area contributed by atoms with E-state index in [1.165, 1.54) is 17.3 Å². The number of hydrogen-bond donors (Lipinski definition) is 0. The van der Waals surface area contributed by atoms with E-state index in [1.54, 1.807) is 25.2 Å². The monoisotopic (exact) mass is 443 g/mol. The van der Waals surface area contributed by atoms with Gasteiger partial charge in [0.05, 0.1) is 20.3 Å². The first-order valence-corrected chi connectivity index (χ1v) is 10.9. The quantitative estimate of drug-likeness (QED) is 0.604. The number of rotatable bonds is 5. The Hall–Kier alpha value is -2.74. The third-order valence-electron chi connectivity index (χ3n) is 4.62. The van der Waals surface area contributed by atoms with Crippen molar-refractivity contribution in [2.45, 2.75) is 49.8 Å². The van der Waals surface area contributed by atoms with Crippen LogP contribution in [-0.4, -0.2) is 53.9 Å². The molecule has 0 aliphatic carbocycles. The second kappa shape index (κ2) is 9.60. The Morgan fingerprint density at radius 3 is 2.32 bits per heavy atom. The van der Waals surface area contributed by atoms with Gasteiger partial charge in [0, 0.05) is 18.0 Å². The first-order valence-electron chi connectivity index (χ1n) is 10.1. The van der Waals surface area contributed by atoms with Gasteiger partial charge in [-0.25, -0.2) is 4.79 Å². The van der Waals surface area contributed by atoms with Crippen molar-refractivity contribution in [1.82, 2.24) is 14.9 Å². The maximum absolute atomic E-state index is 12.4. The van der Waals surface area contributed by atoms with Crippen LogP contribution in [0.15, 0.2) is 40.4 Å². The lowest BCUT2D eigenvalue weighted by Gasteiger charge is -2.30. The summed E-state index contributed by atoms with van der Waals surface area (Å²) >= 11 is 1.47. The summed E-state index contributed by atoms with van der Waals surface area (Å²) in [5.74, 6) is 0.905.